The normalized spacial score (nSPS) is 12.6. The Hall–Kier alpha value is -2.63. The van der Waals surface area contributed by atoms with Gasteiger partial charge in [-0.1, -0.05) is 31.1 Å². The number of ether oxygens (including phenoxy) is 1. The van der Waals surface area contributed by atoms with Crippen LogP contribution in [0.4, 0.5) is 5.82 Å². The molecule has 1 aromatic carbocycles. The van der Waals surface area contributed by atoms with E-state index in [9.17, 15) is 0 Å². The monoisotopic (exact) mass is 312 g/mol. The summed E-state index contributed by atoms with van der Waals surface area (Å²) in [5.41, 5.74) is 2.44. The highest BCUT2D eigenvalue weighted by Crippen LogP contribution is 2.30. The van der Waals surface area contributed by atoms with Gasteiger partial charge in [0.2, 0.25) is 0 Å². The number of anilines is 1. The van der Waals surface area contributed by atoms with Crippen molar-refractivity contribution in [1.29, 1.82) is 0 Å². The number of fused-ring (bicyclic) bond motifs is 1. The molecule has 2 aromatic heterocycles. The smallest absolute Gasteiger partial charge is 0.263 e. The first kappa shape index (κ1) is 15.3. The maximum atomic E-state index is 5.23. The second-order valence-electron chi connectivity index (χ2n) is 5.81. The van der Waals surface area contributed by atoms with Crippen molar-refractivity contribution >= 4 is 16.9 Å². The Labute approximate surface area is 134 Å². The van der Waals surface area contributed by atoms with E-state index in [0.29, 0.717) is 11.6 Å². The van der Waals surface area contributed by atoms with Gasteiger partial charge in [0.25, 0.3) is 5.71 Å². The minimum Gasteiger partial charge on any atom is -0.497 e. The van der Waals surface area contributed by atoms with E-state index in [1.165, 1.54) is 11.9 Å². The van der Waals surface area contributed by atoms with E-state index in [2.05, 4.69) is 46.4 Å². The predicted octanol–water partition coefficient (Wildman–Crippen LogP) is 3.74. The first-order valence-corrected chi connectivity index (χ1v) is 7.57. The van der Waals surface area contributed by atoms with Crippen LogP contribution in [0.2, 0.25) is 0 Å². The quantitative estimate of drug-likeness (QED) is 0.773. The molecule has 0 saturated heterocycles. The maximum Gasteiger partial charge on any atom is 0.263 e. The first-order valence-electron chi connectivity index (χ1n) is 7.57. The highest BCUT2D eigenvalue weighted by molar-refractivity contribution is 5.87. The second kappa shape index (κ2) is 6.24. The molecule has 0 amide bonds. The van der Waals surface area contributed by atoms with Gasteiger partial charge in [0, 0.05) is 0 Å². The van der Waals surface area contributed by atoms with Gasteiger partial charge in [0.05, 0.1) is 18.8 Å². The summed E-state index contributed by atoms with van der Waals surface area (Å²) in [6.45, 7) is 6.22. The number of nitrogens with one attached hydrogen (secondary N) is 1. The van der Waals surface area contributed by atoms with Gasteiger partial charge in [-0.25, -0.2) is 4.98 Å². The van der Waals surface area contributed by atoms with Gasteiger partial charge in [-0.2, -0.15) is 4.98 Å². The molecule has 120 valence electrons. The zero-order chi connectivity index (χ0) is 16.4. The van der Waals surface area contributed by atoms with Gasteiger partial charge in [0.1, 0.15) is 23.3 Å². The van der Waals surface area contributed by atoms with Gasteiger partial charge in [-0.3, -0.25) is 0 Å². The predicted molar refractivity (Wildman–Crippen MR) is 88.5 cm³/mol. The largest absolute Gasteiger partial charge is 0.497 e. The zero-order valence-electron chi connectivity index (χ0n) is 13.7. The molecule has 1 N–H and O–H groups in total. The van der Waals surface area contributed by atoms with Crippen LogP contribution in [0.5, 0.6) is 5.75 Å². The third-order valence-corrected chi connectivity index (χ3v) is 3.88. The Balaban J connectivity index is 1.96. The standard InChI is InChI=1S/C17H20N4O2/c1-10(2)15(12-5-7-13(22-4)8-6-12)20-16-14-11(3)21-23-17(14)19-9-18-16/h5-10,15H,1-4H3,(H,18,19,20). The Bertz CT molecular complexity index is 796. The lowest BCUT2D eigenvalue weighted by atomic mass is 9.96. The molecule has 6 heteroatoms. The van der Waals surface area contributed by atoms with E-state index in [1.54, 1.807) is 7.11 Å². The maximum absolute atomic E-state index is 5.23. The summed E-state index contributed by atoms with van der Waals surface area (Å²) in [5.74, 6) is 1.95. The number of nitrogens with zero attached hydrogens (tertiary/aromatic N) is 3. The highest BCUT2D eigenvalue weighted by atomic mass is 16.5. The summed E-state index contributed by atoms with van der Waals surface area (Å²) in [4.78, 5) is 8.49. The van der Waals surface area contributed by atoms with E-state index in [1.807, 2.05) is 19.1 Å². The average Bonchev–Trinajstić information content (AvgIpc) is 2.95. The van der Waals surface area contributed by atoms with Crippen LogP contribution in [0, 0.1) is 12.8 Å². The Morgan fingerprint density at radius 2 is 1.87 bits per heavy atom. The summed E-state index contributed by atoms with van der Waals surface area (Å²) in [7, 11) is 1.67. The number of benzene rings is 1. The summed E-state index contributed by atoms with van der Waals surface area (Å²) in [6.07, 6.45) is 1.49. The molecule has 0 fully saturated rings. The number of methoxy groups -OCH3 is 1. The summed E-state index contributed by atoms with van der Waals surface area (Å²) < 4.78 is 10.4. The van der Waals surface area contributed by atoms with Crippen molar-refractivity contribution in [3.8, 4) is 5.75 Å². The van der Waals surface area contributed by atoms with Crippen molar-refractivity contribution < 1.29 is 9.26 Å². The van der Waals surface area contributed by atoms with Crippen molar-refractivity contribution in [1.82, 2.24) is 15.1 Å². The van der Waals surface area contributed by atoms with Crippen molar-refractivity contribution in [3.05, 3.63) is 41.9 Å². The lowest BCUT2D eigenvalue weighted by Crippen LogP contribution is -2.17. The minimum absolute atomic E-state index is 0.105. The summed E-state index contributed by atoms with van der Waals surface area (Å²) >= 11 is 0. The van der Waals surface area contributed by atoms with Crippen molar-refractivity contribution in [2.45, 2.75) is 26.8 Å². The number of aromatic nitrogens is 3. The first-order chi connectivity index (χ1) is 11.1. The van der Waals surface area contributed by atoms with Crippen molar-refractivity contribution in [2.24, 2.45) is 5.92 Å². The fourth-order valence-electron chi connectivity index (χ4n) is 2.62. The molecule has 3 aromatic rings. The van der Waals surface area contributed by atoms with Crippen LogP contribution < -0.4 is 10.1 Å². The third-order valence-electron chi connectivity index (χ3n) is 3.88. The van der Waals surface area contributed by atoms with Gasteiger partial charge >= 0.3 is 0 Å². The Kier molecular flexibility index (Phi) is 4.14. The summed E-state index contributed by atoms with van der Waals surface area (Å²) in [6, 6.07) is 8.16. The highest BCUT2D eigenvalue weighted by Gasteiger charge is 2.20. The molecule has 6 nitrogen and oxygen atoms in total. The van der Waals surface area contributed by atoms with Crippen LogP contribution in [-0.4, -0.2) is 22.2 Å². The van der Waals surface area contributed by atoms with Crippen LogP contribution in [0.1, 0.15) is 31.1 Å². The minimum atomic E-state index is 0.105. The lowest BCUT2D eigenvalue weighted by molar-refractivity contribution is 0.414. The molecule has 1 atom stereocenters. The van der Waals surface area contributed by atoms with Crippen LogP contribution in [-0.2, 0) is 0 Å². The molecular formula is C17H20N4O2. The molecule has 0 radical (unpaired) electrons. The summed E-state index contributed by atoms with van der Waals surface area (Å²) in [5, 5.41) is 8.31. The molecule has 3 rings (SSSR count). The molecule has 0 aliphatic carbocycles. The number of hydrogen-bond acceptors (Lipinski definition) is 6. The van der Waals surface area contributed by atoms with Crippen LogP contribution in [0.3, 0.4) is 0 Å². The molecule has 2 heterocycles. The fraction of sp³-hybridized carbons (Fsp3) is 0.353. The van der Waals surface area contributed by atoms with Gasteiger partial charge < -0.3 is 14.6 Å². The number of rotatable bonds is 5. The van der Waals surface area contributed by atoms with E-state index in [-0.39, 0.29) is 6.04 Å². The van der Waals surface area contributed by atoms with Crippen LogP contribution >= 0.6 is 0 Å². The second-order valence-corrected chi connectivity index (χ2v) is 5.81. The van der Waals surface area contributed by atoms with Crippen LogP contribution in [0.25, 0.3) is 11.1 Å². The zero-order valence-corrected chi connectivity index (χ0v) is 13.7. The Morgan fingerprint density at radius 1 is 1.13 bits per heavy atom. The van der Waals surface area contributed by atoms with E-state index < -0.39 is 0 Å². The SMILES string of the molecule is COc1ccc(C(Nc2ncnc3onc(C)c23)C(C)C)cc1. The molecule has 0 aliphatic heterocycles. The fourth-order valence-corrected chi connectivity index (χ4v) is 2.62. The van der Waals surface area contributed by atoms with E-state index in [4.69, 9.17) is 9.26 Å². The van der Waals surface area contributed by atoms with Gasteiger partial charge in [-0.15, -0.1) is 0 Å². The molecule has 0 spiro atoms. The molecule has 0 aliphatic rings. The van der Waals surface area contributed by atoms with Crippen molar-refractivity contribution in [2.75, 3.05) is 12.4 Å². The Morgan fingerprint density at radius 3 is 2.52 bits per heavy atom. The molecule has 0 bridgehead atoms. The molecule has 0 saturated carbocycles. The van der Waals surface area contributed by atoms with Crippen LogP contribution in [0.15, 0.2) is 35.1 Å². The van der Waals surface area contributed by atoms with E-state index in [0.717, 1.165) is 22.6 Å². The van der Waals surface area contributed by atoms with Gasteiger partial charge in [-0.05, 0) is 30.5 Å². The third kappa shape index (κ3) is 2.97. The van der Waals surface area contributed by atoms with Crippen molar-refractivity contribution in [3.63, 3.8) is 0 Å². The number of hydrogen-bond donors (Lipinski definition) is 1. The van der Waals surface area contributed by atoms with E-state index >= 15 is 0 Å². The molecular weight excluding hydrogens is 292 g/mol. The lowest BCUT2D eigenvalue weighted by Gasteiger charge is -2.24. The number of aryl methyl sites for hydroxylation is 1. The molecule has 23 heavy (non-hydrogen) atoms. The average molecular weight is 312 g/mol. The topological polar surface area (TPSA) is 73.1 Å². The van der Waals surface area contributed by atoms with Gasteiger partial charge in [0.15, 0.2) is 0 Å². The molecule has 1 unspecified atom stereocenters.